The minimum Gasteiger partial charge on any atom is -0.467 e. The lowest BCUT2D eigenvalue weighted by Gasteiger charge is -2.37. The summed E-state index contributed by atoms with van der Waals surface area (Å²) in [6.45, 7) is 18.0. The van der Waals surface area contributed by atoms with Crippen LogP contribution in [0, 0.1) is 11.8 Å². The molecule has 0 heterocycles. The molecule has 105 heavy (non-hydrogen) atoms. The first-order valence-electron chi connectivity index (χ1n) is 35.7. The Bertz CT molecular complexity index is 3740. The second kappa shape index (κ2) is 38.9. The Kier molecular flexibility index (Phi) is 30.3. The van der Waals surface area contributed by atoms with Crippen molar-refractivity contribution in [3.05, 3.63) is 203 Å². The number of ether oxygens (including phenoxy) is 5. The first-order chi connectivity index (χ1) is 50.0. The van der Waals surface area contributed by atoms with Crippen LogP contribution >= 0.6 is 0 Å². The molecule has 9 amide bonds. The predicted molar refractivity (Wildman–Crippen MR) is 397 cm³/mol. The van der Waals surface area contributed by atoms with E-state index in [1.807, 2.05) is 172 Å². The average molecular weight is 1440 g/mol. The number of benzene rings is 6. The van der Waals surface area contributed by atoms with Gasteiger partial charge in [0.15, 0.2) is 6.04 Å². The molecule has 0 bridgehead atoms. The number of fused-ring (bicyclic) bond motifs is 3. The zero-order valence-corrected chi connectivity index (χ0v) is 62.1. The van der Waals surface area contributed by atoms with Gasteiger partial charge < -0.3 is 71.5 Å². The summed E-state index contributed by atoms with van der Waals surface area (Å²) < 4.78 is 28.4. The zero-order chi connectivity index (χ0) is 76.4. The summed E-state index contributed by atoms with van der Waals surface area (Å²) in [6.07, 6.45) is -2.92. The highest BCUT2D eigenvalue weighted by atomic mass is 16.6. The molecule has 24 heteroatoms. The second-order valence-corrected chi connectivity index (χ2v) is 28.6. The standard InChI is InChI=1S/C81H103N9O15/c1-13-52(4)69(88-71(93)63(43-30-44-82-77(99)102-48-54-31-18-14-19-32-54)85-72(94)64(45-51(2)3)87-78(100)103-49-62-60-41-28-26-39-58(60)59-40-27-29-42-61(59)62)75(97)89-70(53(5)105-80(9,10)11)74(96)83-47-68(92)84-65(73(95)86-66(76(98)101-12)50-104-79(6,7)8)46-67(91)90-81(55-33-20-15-21-34-55,56-35-22-16-23-36-56)57-37-24-17-25-38-57/h14-29,31-42,51-53,62-66,69-70H,13,30,43-50H2,1-12H3,(H,82,99)(H,83,96)(H,84,92)(H,85,94)(H,86,95)(H,87,100)(H,88,93)(H,89,97)(H,90,91)/t52-,53-,63+,64-,65-,66-,69-,70-/m0/s1. The van der Waals surface area contributed by atoms with E-state index in [2.05, 4.69) is 47.9 Å². The predicted octanol–water partition coefficient (Wildman–Crippen LogP) is 8.92. The zero-order valence-electron chi connectivity index (χ0n) is 62.1. The van der Waals surface area contributed by atoms with Gasteiger partial charge in [0.25, 0.3) is 0 Å². The number of hydrogen-bond acceptors (Lipinski definition) is 15. The van der Waals surface area contributed by atoms with E-state index in [-0.39, 0.29) is 57.5 Å². The van der Waals surface area contributed by atoms with E-state index in [1.165, 1.54) is 6.92 Å². The lowest BCUT2D eigenvalue weighted by Crippen LogP contribution is -2.62. The summed E-state index contributed by atoms with van der Waals surface area (Å²) in [4.78, 5) is 143. The van der Waals surface area contributed by atoms with Crippen molar-refractivity contribution in [1.29, 1.82) is 0 Å². The van der Waals surface area contributed by atoms with Crippen LogP contribution in [0.1, 0.15) is 148 Å². The molecule has 8 atom stereocenters. The van der Waals surface area contributed by atoms with Crippen LogP contribution in [0.25, 0.3) is 11.1 Å². The van der Waals surface area contributed by atoms with Crippen LogP contribution in [0.2, 0.25) is 0 Å². The van der Waals surface area contributed by atoms with E-state index in [4.69, 9.17) is 23.7 Å². The van der Waals surface area contributed by atoms with Crippen molar-refractivity contribution in [1.82, 2.24) is 47.9 Å². The van der Waals surface area contributed by atoms with E-state index in [0.717, 1.165) is 34.9 Å². The molecule has 0 spiro atoms. The molecule has 562 valence electrons. The van der Waals surface area contributed by atoms with Gasteiger partial charge in [0, 0.05) is 12.5 Å². The summed E-state index contributed by atoms with van der Waals surface area (Å²) in [5, 5.41) is 24.7. The maximum absolute atomic E-state index is 15.0. The molecule has 24 nitrogen and oxygen atoms in total. The van der Waals surface area contributed by atoms with Gasteiger partial charge in [-0.1, -0.05) is 204 Å². The lowest BCUT2D eigenvalue weighted by atomic mass is 9.77. The maximum Gasteiger partial charge on any atom is 0.407 e. The van der Waals surface area contributed by atoms with Crippen molar-refractivity contribution in [2.45, 2.75) is 180 Å². The molecular weight excluding hydrogens is 1340 g/mol. The normalized spacial score (nSPS) is 14.3. The van der Waals surface area contributed by atoms with E-state index in [0.29, 0.717) is 23.1 Å². The summed E-state index contributed by atoms with van der Waals surface area (Å²) >= 11 is 0. The highest BCUT2D eigenvalue weighted by Crippen LogP contribution is 2.45. The quantitative estimate of drug-likeness (QED) is 0.00767. The number of amides is 9. The number of rotatable bonds is 36. The molecule has 0 aromatic heterocycles. The van der Waals surface area contributed by atoms with Crippen molar-refractivity contribution < 1.29 is 71.6 Å². The van der Waals surface area contributed by atoms with Crippen LogP contribution in [-0.2, 0) is 74.2 Å². The van der Waals surface area contributed by atoms with E-state index in [9.17, 15) is 47.9 Å². The third-order valence-electron chi connectivity index (χ3n) is 17.7. The van der Waals surface area contributed by atoms with Gasteiger partial charge in [0.1, 0.15) is 49.0 Å². The minimum absolute atomic E-state index is 0.000800. The topological polar surface area (TPSA) is 325 Å². The molecule has 6 aromatic rings. The molecule has 0 fully saturated rings. The summed E-state index contributed by atoms with van der Waals surface area (Å²) in [7, 11) is 1.13. The van der Waals surface area contributed by atoms with Crippen molar-refractivity contribution in [2.75, 3.05) is 33.4 Å². The van der Waals surface area contributed by atoms with Gasteiger partial charge in [0.2, 0.25) is 41.4 Å². The van der Waals surface area contributed by atoms with E-state index in [1.54, 1.807) is 67.5 Å². The van der Waals surface area contributed by atoms with Crippen LogP contribution < -0.4 is 47.9 Å². The Hall–Kier alpha value is -10.5. The Labute approximate surface area is 615 Å². The number of methoxy groups -OCH3 is 1. The summed E-state index contributed by atoms with van der Waals surface area (Å²) in [5.74, 6) is -7.86. The van der Waals surface area contributed by atoms with Gasteiger partial charge in [-0.05, 0) is 124 Å². The molecule has 7 rings (SSSR count). The molecule has 0 aliphatic heterocycles. The average Bonchev–Trinajstić information content (AvgIpc) is 1.36. The minimum atomic E-state index is -1.71. The SMILES string of the molecule is CC[C@H](C)[C@H](NC(=O)[C@@H](CCCNC(=O)OCc1ccccc1)NC(=O)[C@H](CC(C)C)NC(=O)OCC1c2ccccc2-c2ccccc21)C(=O)N[C@H](C(=O)NCC(=O)N[C@@H](CC(=O)NC(c1ccccc1)(c1ccccc1)c1ccccc1)C(=O)N[C@@H](COC(C)(C)C)C(=O)OC)[C@H](C)OC(C)(C)C. The van der Waals surface area contributed by atoms with Gasteiger partial charge in [-0.3, -0.25) is 33.6 Å². The van der Waals surface area contributed by atoms with Crippen molar-refractivity contribution >= 4 is 59.5 Å². The van der Waals surface area contributed by atoms with Gasteiger partial charge >= 0.3 is 18.2 Å². The first-order valence-corrected chi connectivity index (χ1v) is 35.7. The smallest absolute Gasteiger partial charge is 0.407 e. The molecule has 1 aliphatic carbocycles. The van der Waals surface area contributed by atoms with Crippen LogP contribution in [0.5, 0.6) is 0 Å². The number of hydrogen-bond donors (Lipinski definition) is 9. The van der Waals surface area contributed by atoms with Gasteiger partial charge in [-0.2, -0.15) is 0 Å². The molecular formula is C81H103N9O15. The fourth-order valence-corrected chi connectivity index (χ4v) is 12.4. The fourth-order valence-electron chi connectivity index (χ4n) is 12.4. The molecule has 0 saturated heterocycles. The van der Waals surface area contributed by atoms with Crippen LogP contribution in [0.3, 0.4) is 0 Å². The molecule has 6 aromatic carbocycles. The number of nitrogens with one attached hydrogen (secondary N) is 9. The number of alkyl carbamates (subject to hydrolysis) is 2. The molecule has 0 unspecified atom stereocenters. The number of carbonyl (C=O) groups is 10. The number of carbonyl (C=O) groups excluding carboxylic acids is 10. The van der Waals surface area contributed by atoms with Crippen LogP contribution in [0.15, 0.2) is 170 Å². The largest absolute Gasteiger partial charge is 0.467 e. The van der Waals surface area contributed by atoms with Gasteiger partial charge in [-0.15, -0.1) is 0 Å². The Balaban J connectivity index is 1.10. The van der Waals surface area contributed by atoms with E-state index < -0.39 is 137 Å². The summed E-state index contributed by atoms with van der Waals surface area (Å²) in [6, 6.07) is 43.8. The summed E-state index contributed by atoms with van der Waals surface area (Å²) in [5.41, 5.74) is 3.80. The van der Waals surface area contributed by atoms with E-state index >= 15 is 0 Å². The number of esters is 1. The molecule has 0 radical (unpaired) electrons. The Morgan fingerprint density at radius 2 is 0.990 bits per heavy atom. The lowest BCUT2D eigenvalue weighted by molar-refractivity contribution is -0.149. The molecule has 0 saturated carbocycles. The molecule has 1 aliphatic rings. The highest BCUT2D eigenvalue weighted by Gasteiger charge is 2.41. The second-order valence-electron chi connectivity index (χ2n) is 28.6. The highest BCUT2D eigenvalue weighted by molar-refractivity contribution is 5.98. The molecule has 9 N–H and O–H groups in total. The van der Waals surface area contributed by atoms with Crippen molar-refractivity contribution in [2.24, 2.45) is 11.8 Å². The third kappa shape index (κ3) is 24.3. The Morgan fingerprint density at radius 1 is 0.486 bits per heavy atom. The first kappa shape index (κ1) is 81.8. The monoisotopic (exact) mass is 1440 g/mol. The Morgan fingerprint density at radius 3 is 1.51 bits per heavy atom. The van der Waals surface area contributed by atoms with Crippen molar-refractivity contribution in [3.63, 3.8) is 0 Å². The van der Waals surface area contributed by atoms with Crippen LogP contribution in [-0.4, -0.2) is 146 Å². The van der Waals surface area contributed by atoms with Gasteiger partial charge in [-0.25, -0.2) is 14.4 Å². The maximum atomic E-state index is 15.0. The third-order valence-corrected chi connectivity index (χ3v) is 17.7. The van der Waals surface area contributed by atoms with Gasteiger partial charge in [0.05, 0.1) is 44.0 Å². The van der Waals surface area contributed by atoms with Crippen LogP contribution in [0.4, 0.5) is 9.59 Å². The fraction of sp³-hybridized carbons (Fsp3) is 0.432. The van der Waals surface area contributed by atoms with Crippen molar-refractivity contribution in [3.8, 4) is 11.1 Å².